The fourth-order valence-corrected chi connectivity index (χ4v) is 7.69. The Kier molecular flexibility index (Phi) is 5.83. The third kappa shape index (κ3) is 4.36. The molecule has 2 heterocycles. The highest BCUT2D eigenvalue weighted by atomic mass is 35.5. The van der Waals surface area contributed by atoms with E-state index in [1.54, 1.807) is 25.1 Å². The normalized spacial score (nSPS) is 23.6. The molecule has 158 valence electrons. The molecule has 0 spiro atoms. The molecule has 4 rings (SSSR count). The van der Waals surface area contributed by atoms with Crippen molar-refractivity contribution in [2.24, 2.45) is 4.99 Å². The van der Waals surface area contributed by atoms with Gasteiger partial charge in [-0.1, -0.05) is 42.4 Å². The highest BCUT2D eigenvalue weighted by Gasteiger charge is 2.50. The average Bonchev–Trinajstić information content (AvgIpc) is 3.14. The lowest BCUT2D eigenvalue weighted by Gasteiger charge is -2.26. The highest BCUT2D eigenvalue weighted by molar-refractivity contribution is 8.16. The van der Waals surface area contributed by atoms with Crippen LogP contribution in [0.25, 0.3) is 0 Å². The number of amides is 1. The number of anilines is 1. The molecule has 9 heteroatoms. The molecule has 2 saturated heterocycles. The van der Waals surface area contributed by atoms with Crippen LogP contribution in [0.2, 0.25) is 5.02 Å². The van der Waals surface area contributed by atoms with Gasteiger partial charge in [-0.25, -0.2) is 8.42 Å². The monoisotopic (exact) mass is 464 g/mol. The molecular formula is C21H21ClN2O4S2. The number of hydrogen-bond acceptors (Lipinski definition) is 5. The van der Waals surface area contributed by atoms with Gasteiger partial charge in [-0.3, -0.25) is 4.79 Å². The fraction of sp³-hybridized carbons (Fsp3) is 0.333. The predicted molar refractivity (Wildman–Crippen MR) is 122 cm³/mol. The number of ether oxygens (including phenoxy) is 1. The third-order valence-corrected chi connectivity index (χ3v) is 8.43. The molecule has 0 unspecified atom stereocenters. The summed E-state index contributed by atoms with van der Waals surface area (Å²) in [6.45, 7) is 3.72. The van der Waals surface area contributed by atoms with Crippen molar-refractivity contribution >= 4 is 50.0 Å². The van der Waals surface area contributed by atoms with Crippen molar-refractivity contribution in [3.8, 4) is 11.5 Å². The number of benzene rings is 2. The van der Waals surface area contributed by atoms with Crippen molar-refractivity contribution in [1.29, 1.82) is 0 Å². The standard InChI is InChI=1S/C21H21ClN2O4S2/c1-3-20(25)23-21-24(17-11-30(26,27)12-19(17)29-21)16-10-14(22)7-8-18(16)28-15-6-4-5-13(2)9-15/h4-10,17,19H,3,11-12H2,1-2H3/t17-,19-/m1/s1. The highest BCUT2D eigenvalue weighted by Crippen LogP contribution is 2.45. The Morgan fingerprint density at radius 1 is 1.27 bits per heavy atom. The van der Waals surface area contributed by atoms with Crippen molar-refractivity contribution in [3.63, 3.8) is 0 Å². The van der Waals surface area contributed by atoms with Gasteiger partial charge in [-0.2, -0.15) is 4.99 Å². The second kappa shape index (κ2) is 8.24. The summed E-state index contributed by atoms with van der Waals surface area (Å²) >= 11 is 7.62. The number of thioether (sulfide) groups is 1. The van der Waals surface area contributed by atoms with Crippen LogP contribution in [0.15, 0.2) is 47.5 Å². The van der Waals surface area contributed by atoms with E-state index in [9.17, 15) is 13.2 Å². The SMILES string of the molecule is CCC(=O)N=C1S[C@@H]2CS(=O)(=O)C[C@H]2N1c1cc(Cl)ccc1Oc1cccc(C)c1. The quantitative estimate of drug-likeness (QED) is 0.665. The van der Waals surface area contributed by atoms with Crippen molar-refractivity contribution in [2.45, 2.75) is 31.6 Å². The zero-order valence-electron chi connectivity index (χ0n) is 16.5. The summed E-state index contributed by atoms with van der Waals surface area (Å²) in [4.78, 5) is 18.1. The van der Waals surface area contributed by atoms with Crippen LogP contribution in [-0.2, 0) is 14.6 Å². The lowest BCUT2D eigenvalue weighted by atomic mass is 10.2. The first-order valence-corrected chi connectivity index (χ1v) is 12.7. The molecule has 2 aromatic carbocycles. The zero-order chi connectivity index (χ0) is 21.5. The number of sulfone groups is 1. The van der Waals surface area contributed by atoms with Crippen LogP contribution in [0.1, 0.15) is 18.9 Å². The first-order valence-electron chi connectivity index (χ1n) is 9.57. The number of fused-ring (bicyclic) bond motifs is 1. The second-order valence-electron chi connectivity index (χ2n) is 7.34. The van der Waals surface area contributed by atoms with Gasteiger partial charge in [0.05, 0.1) is 23.2 Å². The third-order valence-electron chi connectivity index (χ3n) is 4.99. The van der Waals surface area contributed by atoms with Gasteiger partial charge in [0, 0.05) is 16.7 Å². The Hall–Kier alpha value is -2.03. The summed E-state index contributed by atoms with van der Waals surface area (Å²) in [6, 6.07) is 12.5. The van der Waals surface area contributed by atoms with Gasteiger partial charge in [0.15, 0.2) is 20.8 Å². The average molecular weight is 465 g/mol. The zero-order valence-corrected chi connectivity index (χ0v) is 18.9. The number of halogens is 1. The Balaban J connectivity index is 1.80. The first kappa shape index (κ1) is 21.2. The first-order chi connectivity index (χ1) is 14.3. The molecule has 2 aliphatic heterocycles. The lowest BCUT2D eigenvalue weighted by Crippen LogP contribution is -2.38. The van der Waals surface area contributed by atoms with Gasteiger partial charge < -0.3 is 9.64 Å². The summed E-state index contributed by atoms with van der Waals surface area (Å²) in [5, 5.41) is 0.782. The number of carbonyl (C=O) groups excluding carboxylic acids is 1. The van der Waals surface area contributed by atoms with Gasteiger partial charge in [0.2, 0.25) is 5.91 Å². The van der Waals surface area contributed by atoms with E-state index in [4.69, 9.17) is 16.3 Å². The molecule has 1 amide bonds. The number of rotatable bonds is 4. The molecule has 2 fully saturated rings. The summed E-state index contributed by atoms with van der Waals surface area (Å²) in [6.07, 6.45) is 0.272. The minimum Gasteiger partial charge on any atom is -0.455 e. The van der Waals surface area contributed by atoms with Gasteiger partial charge in [0.1, 0.15) is 5.75 Å². The maximum atomic E-state index is 12.3. The van der Waals surface area contributed by atoms with E-state index in [2.05, 4.69) is 4.99 Å². The second-order valence-corrected chi connectivity index (χ2v) is 11.1. The molecule has 0 aromatic heterocycles. The van der Waals surface area contributed by atoms with Crippen LogP contribution in [0.3, 0.4) is 0 Å². The molecule has 0 N–H and O–H groups in total. The van der Waals surface area contributed by atoms with Crippen molar-refractivity contribution in [2.75, 3.05) is 16.4 Å². The predicted octanol–water partition coefficient (Wildman–Crippen LogP) is 4.45. The summed E-state index contributed by atoms with van der Waals surface area (Å²) in [5.74, 6) is 0.984. The van der Waals surface area contributed by atoms with Crippen molar-refractivity contribution in [3.05, 3.63) is 53.1 Å². The van der Waals surface area contributed by atoms with E-state index in [1.807, 2.05) is 36.1 Å². The van der Waals surface area contributed by atoms with Gasteiger partial charge in [-0.15, -0.1) is 0 Å². The van der Waals surface area contributed by atoms with Gasteiger partial charge in [0.25, 0.3) is 0 Å². The van der Waals surface area contributed by atoms with Gasteiger partial charge in [-0.05, 0) is 42.8 Å². The van der Waals surface area contributed by atoms with Crippen LogP contribution >= 0.6 is 23.4 Å². The molecule has 2 aliphatic rings. The van der Waals surface area contributed by atoms with E-state index in [1.165, 1.54) is 11.8 Å². The Morgan fingerprint density at radius 3 is 2.80 bits per heavy atom. The van der Waals surface area contributed by atoms with E-state index in [-0.39, 0.29) is 35.1 Å². The van der Waals surface area contributed by atoms with E-state index < -0.39 is 9.84 Å². The number of amidine groups is 1. The Bertz CT molecular complexity index is 1130. The number of aryl methyl sites for hydroxylation is 1. The maximum Gasteiger partial charge on any atom is 0.247 e. The number of nitrogens with zero attached hydrogens (tertiary/aromatic N) is 2. The Labute approximate surface area is 185 Å². The topological polar surface area (TPSA) is 76.0 Å². The smallest absolute Gasteiger partial charge is 0.247 e. The molecule has 2 aromatic rings. The molecular weight excluding hydrogens is 444 g/mol. The van der Waals surface area contributed by atoms with Crippen LogP contribution < -0.4 is 9.64 Å². The lowest BCUT2D eigenvalue weighted by molar-refractivity contribution is -0.117. The molecule has 0 radical (unpaired) electrons. The largest absolute Gasteiger partial charge is 0.455 e. The number of aliphatic imine (C=N–C) groups is 1. The molecule has 0 saturated carbocycles. The van der Waals surface area contributed by atoms with E-state index in [0.29, 0.717) is 27.4 Å². The molecule has 30 heavy (non-hydrogen) atoms. The van der Waals surface area contributed by atoms with Crippen molar-refractivity contribution < 1.29 is 17.9 Å². The maximum absolute atomic E-state index is 12.3. The van der Waals surface area contributed by atoms with Gasteiger partial charge >= 0.3 is 0 Å². The molecule has 6 nitrogen and oxygen atoms in total. The minimum atomic E-state index is -3.17. The van der Waals surface area contributed by atoms with Crippen LogP contribution in [0.5, 0.6) is 11.5 Å². The number of carbonyl (C=O) groups is 1. The van der Waals surface area contributed by atoms with Crippen LogP contribution in [-0.4, -0.2) is 42.3 Å². The van der Waals surface area contributed by atoms with Crippen molar-refractivity contribution in [1.82, 2.24) is 0 Å². The molecule has 0 aliphatic carbocycles. The van der Waals surface area contributed by atoms with E-state index in [0.717, 1.165) is 5.56 Å². The fourth-order valence-electron chi connectivity index (χ4n) is 3.60. The molecule has 0 bridgehead atoms. The van der Waals surface area contributed by atoms with Crippen LogP contribution in [0.4, 0.5) is 5.69 Å². The summed E-state index contributed by atoms with van der Waals surface area (Å²) in [7, 11) is -3.17. The van der Waals surface area contributed by atoms with E-state index >= 15 is 0 Å². The minimum absolute atomic E-state index is 0.000397. The summed E-state index contributed by atoms with van der Waals surface area (Å²) < 4.78 is 30.7. The Morgan fingerprint density at radius 2 is 2.07 bits per heavy atom. The molecule has 2 atom stereocenters. The number of hydrogen-bond donors (Lipinski definition) is 0. The summed E-state index contributed by atoms with van der Waals surface area (Å²) in [5.41, 5.74) is 1.65. The van der Waals surface area contributed by atoms with Crippen LogP contribution in [0, 0.1) is 6.92 Å².